The molecule has 1 saturated heterocycles. The van der Waals surface area contributed by atoms with Crippen LogP contribution in [0.1, 0.15) is 18.5 Å². The standard InChI is InChI=1S/C12H16ClFN2.2ClH/c1-9(16-6-4-15-5-7-16)10-2-3-12(14)11(13)8-10;;/h2-3,8-9,15H,4-7H2,1H3;2*1H/t9-;;/m1../s1. The number of halogens is 4. The van der Waals surface area contributed by atoms with Gasteiger partial charge in [0.05, 0.1) is 5.02 Å². The SMILES string of the molecule is C[C@H](c1ccc(F)c(Cl)c1)N1CCNCC1.Cl.Cl. The Kier molecular flexibility index (Phi) is 8.15. The van der Waals surface area contributed by atoms with Gasteiger partial charge < -0.3 is 5.32 Å². The normalized spacial score (nSPS) is 17.5. The first-order valence-electron chi connectivity index (χ1n) is 5.58. The Morgan fingerprint density at radius 2 is 1.89 bits per heavy atom. The second-order valence-corrected chi connectivity index (χ2v) is 4.54. The van der Waals surface area contributed by atoms with Gasteiger partial charge in [0.15, 0.2) is 0 Å². The van der Waals surface area contributed by atoms with Crippen molar-refractivity contribution in [2.75, 3.05) is 26.2 Å². The van der Waals surface area contributed by atoms with Crippen molar-refractivity contribution in [3.63, 3.8) is 0 Å². The molecule has 0 aliphatic carbocycles. The molecule has 1 aromatic carbocycles. The lowest BCUT2D eigenvalue weighted by Gasteiger charge is -2.33. The maximum Gasteiger partial charge on any atom is 0.141 e. The highest BCUT2D eigenvalue weighted by molar-refractivity contribution is 6.30. The van der Waals surface area contributed by atoms with Gasteiger partial charge >= 0.3 is 0 Å². The average Bonchev–Trinajstić information content (AvgIpc) is 2.33. The van der Waals surface area contributed by atoms with Crippen LogP contribution in [0, 0.1) is 5.82 Å². The van der Waals surface area contributed by atoms with Gasteiger partial charge in [-0.25, -0.2) is 4.39 Å². The monoisotopic (exact) mass is 314 g/mol. The summed E-state index contributed by atoms with van der Waals surface area (Å²) >= 11 is 5.79. The van der Waals surface area contributed by atoms with Crippen molar-refractivity contribution < 1.29 is 4.39 Å². The molecule has 6 heteroatoms. The van der Waals surface area contributed by atoms with Crippen LogP contribution in [0.25, 0.3) is 0 Å². The summed E-state index contributed by atoms with van der Waals surface area (Å²) in [6, 6.07) is 5.27. The molecule has 0 saturated carbocycles. The fourth-order valence-electron chi connectivity index (χ4n) is 2.05. The summed E-state index contributed by atoms with van der Waals surface area (Å²) in [4.78, 5) is 2.38. The van der Waals surface area contributed by atoms with Gasteiger partial charge in [0.1, 0.15) is 5.82 Å². The first-order valence-corrected chi connectivity index (χ1v) is 5.96. The lowest BCUT2D eigenvalue weighted by Crippen LogP contribution is -2.44. The Bertz CT molecular complexity index is 370. The molecule has 0 spiro atoms. The van der Waals surface area contributed by atoms with Crippen molar-refractivity contribution >= 4 is 36.4 Å². The molecule has 0 radical (unpaired) electrons. The summed E-state index contributed by atoms with van der Waals surface area (Å²) in [6.45, 7) is 6.21. The molecule has 2 rings (SSSR count). The van der Waals surface area contributed by atoms with E-state index >= 15 is 0 Å². The summed E-state index contributed by atoms with van der Waals surface area (Å²) in [5.74, 6) is -0.349. The summed E-state index contributed by atoms with van der Waals surface area (Å²) in [5, 5.41) is 3.52. The van der Waals surface area contributed by atoms with E-state index in [1.165, 1.54) is 6.07 Å². The van der Waals surface area contributed by atoms with Crippen LogP contribution < -0.4 is 5.32 Å². The van der Waals surface area contributed by atoms with Crippen LogP contribution in [-0.2, 0) is 0 Å². The van der Waals surface area contributed by atoms with Gasteiger partial charge in [0, 0.05) is 32.2 Å². The summed E-state index contributed by atoms with van der Waals surface area (Å²) < 4.78 is 13.0. The Morgan fingerprint density at radius 3 is 2.44 bits per heavy atom. The molecule has 1 atom stereocenters. The smallest absolute Gasteiger partial charge is 0.141 e. The van der Waals surface area contributed by atoms with Crippen LogP contribution in [0.3, 0.4) is 0 Å². The zero-order valence-electron chi connectivity index (χ0n) is 10.2. The lowest BCUT2D eigenvalue weighted by atomic mass is 10.1. The number of nitrogens with zero attached hydrogens (tertiary/aromatic N) is 1. The van der Waals surface area contributed by atoms with Gasteiger partial charge in [-0.3, -0.25) is 4.90 Å². The van der Waals surface area contributed by atoms with Crippen molar-refractivity contribution in [1.82, 2.24) is 10.2 Å². The molecule has 1 aliphatic heterocycles. The van der Waals surface area contributed by atoms with Crippen molar-refractivity contribution in [3.8, 4) is 0 Å². The lowest BCUT2D eigenvalue weighted by molar-refractivity contribution is 0.185. The Labute approximate surface area is 125 Å². The van der Waals surface area contributed by atoms with E-state index in [2.05, 4.69) is 17.1 Å². The number of benzene rings is 1. The average molecular weight is 316 g/mol. The van der Waals surface area contributed by atoms with Crippen LogP contribution in [0.4, 0.5) is 4.39 Å². The first kappa shape index (κ1) is 17.9. The zero-order chi connectivity index (χ0) is 11.5. The van der Waals surface area contributed by atoms with Crippen LogP contribution in [-0.4, -0.2) is 31.1 Å². The minimum atomic E-state index is -0.349. The molecule has 1 heterocycles. The first-order chi connectivity index (χ1) is 7.68. The maximum atomic E-state index is 13.0. The fraction of sp³-hybridized carbons (Fsp3) is 0.500. The number of hydrogen-bond donors (Lipinski definition) is 1. The van der Waals surface area contributed by atoms with Gasteiger partial charge in [-0.2, -0.15) is 0 Å². The fourth-order valence-corrected chi connectivity index (χ4v) is 2.24. The van der Waals surface area contributed by atoms with Crippen molar-refractivity contribution in [2.45, 2.75) is 13.0 Å². The zero-order valence-corrected chi connectivity index (χ0v) is 12.5. The molecule has 18 heavy (non-hydrogen) atoms. The highest BCUT2D eigenvalue weighted by Crippen LogP contribution is 2.24. The number of rotatable bonds is 2. The Balaban J connectivity index is 0.00000144. The van der Waals surface area contributed by atoms with E-state index in [1.807, 2.05) is 6.07 Å². The molecule has 0 amide bonds. The molecule has 0 aromatic heterocycles. The third kappa shape index (κ3) is 4.25. The molecule has 0 bridgehead atoms. The summed E-state index contributed by atoms with van der Waals surface area (Å²) in [6.07, 6.45) is 0. The van der Waals surface area contributed by atoms with Gasteiger partial charge in [-0.15, -0.1) is 24.8 Å². The molecule has 0 unspecified atom stereocenters. The second-order valence-electron chi connectivity index (χ2n) is 4.14. The second kappa shape index (κ2) is 8.18. The quantitative estimate of drug-likeness (QED) is 0.901. The van der Waals surface area contributed by atoms with Gasteiger partial charge in [0.2, 0.25) is 0 Å². The molecule has 1 N–H and O–H groups in total. The predicted molar refractivity (Wildman–Crippen MR) is 78.8 cm³/mol. The molecule has 1 fully saturated rings. The minimum absolute atomic E-state index is 0. The summed E-state index contributed by atoms with van der Waals surface area (Å²) in [7, 11) is 0. The Hall–Kier alpha value is -0.0600. The van der Waals surface area contributed by atoms with Crippen LogP contribution in [0.5, 0.6) is 0 Å². The van der Waals surface area contributed by atoms with Gasteiger partial charge in [-0.1, -0.05) is 17.7 Å². The van der Waals surface area contributed by atoms with E-state index in [1.54, 1.807) is 6.07 Å². The predicted octanol–water partition coefficient (Wildman–Crippen LogP) is 3.29. The van der Waals surface area contributed by atoms with Gasteiger partial charge in [0.25, 0.3) is 0 Å². The molecular formula is C12H18Cl3FN2. The minimum Gasteiger partial charge on any atom is -0.314 e. The number of hydrogen-bond acceptors (Lipinski definition) is 2. The Morgan fingerprint density at radius 1 is 1.28 bits per heavy atom. The third-order valence-corrected chi connectivity index (χ3v) is 3.42. The largest absolute Gasteiger partial charge is 0.314 e. The highest BCUT2D eigenvalue weighted by Gasteiger charge is 2.18. The van der Waals surface area contributed by atoms with Crippen LogP contribution in [0.15, 0.2) is 18.2 Å². The maximum absolute atomic E-state index is 13.0. The van der Waals surface area contributed by atoms with Crippen LogP contribution >= 0.6 is 36.4 Å². The van der Waals surface area contributed by atoms with E-state index in [-0.39, 0.29) is 35.7 Å². The highest BCUT2D eigenvalue weighted by atomic mass is 35.5. The third-order valence-electron chi connectivity index (χ3n) is 3.13. The van der Waals surface area contributed by atoms with E-state index in [0.717, 1.165) is 31.7 Å². The molecule has 104 valence electrons. The van der Waals surface area contributed by atoms with Crippen molar-refractivity contribution in [3.05, 3.63) is 34.6 Å². The van der Waals surface area contributed by atoms with Gasteiger partial charge in [-0.05, 0) is 24.6 Å². The molecule has 2 nitrogen and oxygen atoms in total. The van der Waals surface area contributed by atoms with E-state index in [4.69, 9.17) is 11.6 Å². The van der Waals surface area contributed by atoms with Crippen molar-refractivity contribution in [1.29, 1.82) is 0 Å². The van der Waals surface area contributed by atoms with Crippen LogP contribution in [0.2, 0.25) is 5.02 Å². The topological polar surface area (TPSA) is 15.3 Å². The number of piperazine rings is 1. The molecule has 1 aliphatic rings. The molecule has 1 aromatic rings. The summed E-state index contributed by atoms with van der Waals surface area (Å²) in [5.41, 5.74) is 1.08. The number of nitrogens with one attached hydrogen (secondary N) is 1. The molecular weight excluding hydrogens is 298 g/mol. The van der Waals surface area contributed by atoms with Crippen molar-refractivity contribution in [2.24, 2.45) is 0 Å². The van der Waals surface area contributed by atoms with E-state index < -0.39 is 0 Å². The van der Waals surface area contributed by atoms with E-state index in [9.17, 15) is 4.39 Å². The van der Waals surface area contributed by atoms with E-state index in [0.29, 0.717) is 6.04 Å².